The van der Waals surface area contributed by atoms with Crippen LogP contribution in [0.2, 0.25) is 0 Å². The van der Waals surface area contributed by atoms with Gasteiger partial charge in [0.05, 0.1) is 5.69 Å². The van der Waals surface area contributed by atoms with Gasteiger partial charge in [0.25, 0.3) is 0 Å². The van der Waals surface area contributed by atoms with E-state index >= 15 is 0 Å². The summed E-state index contributed by atoms with van der Waals surface area (Å²) < 4.78 is 1.69. The molecule has 1 aliphatic rings. The highest BCUT2D eigenvalue weighted by Gasteiger charge is 2.28. The van der Waals surface area contributed by atoms with Gasteiger partial charge >= 0.3 is 0 Å². The van der Waals surface area contributed by atoms with Crippen molar-refractivity contribution in [2.24, 2.45) is 18.9 Å². The van der Waals surface area contributed by atoms with Crippen molar-refractivity contribution in [2.45, 2.75) is 39.0 Å². The van der Waals surface area contributed by atoms with E-state index in [0.29, 0.717) is 5.78 Å². The molecule has 1 aromatic heterocycles. The summed E-state index contributed by atoms with van der Waals surface area (Å²) in [6, 6.07) is 0. The van der Waals surface area contributed by atoms with Crippen LogP contribution in [0.4, 0.5) is 0 Å². The molecule has 0 spiro atoms. The lowest BCUT2D eigenvalue weighted by molar-refractivity contribution is -0.125. The van der Waals surface area contributed by atoms with Crippen LogP contribution < -0.4 is 0 Å². The van der Waals surface area contributed by atoms with Gasteiger partial charge in [-0.2, -0.15) is 0 Å². The van der Waals surface area contributed by atoms with Gasteiger partial charge in [0.1, 0.15) is 5.78 Å². The van der Waals surface area contributed by atoms with Crippen molar-refractivity contribution < 1.29 is 4.79 Å². The summed E-state index contributed by atoms with van der Waals surface area (Å²) in [4.78, 5) is 11.8. The first-order valence-electron chi connectivity index (χ1n) is 6.07. The summed E-state index contributed by atoms with van der Waals surface area (Å²) in [6.07, 6.45) is 6.72. The van der Waals surface area contributed by atoms with E-state index in [4.69, 9.17) is 0 Å². The Hall–Kier alpha value is -1.19. The number of carbonyl (C=O) groups excluding carboxylic acids is 1. The fourth-order valence-electron chi connectivity index (χ4n) is 2.51. The molecule has 0 radical (unpaired) electrons. The van der Waals surface area contributed by atoms with E-state index in [1.54, 1.807) is 4.68 Å². The van der Waals surface area contributed by atoms with E-state index in [0.717, 1.165) is 37.3 Å². The Morgan fingerprint density at radius 2 is 2.38 bits per heavy atom. The van der Waals surface area contributed by atoms with E-state index in [-0.39, 0.29) is 5.92 Å². The average Bonchev–Trinajstić information content (AvgIpc) is 2.67. The van der Waals surface area contributed by atoms with Gasteiger partial charge in [-0.1, -0.05) is 18.6 Å². The number of hydrogen-bond donors (Lipinski definition) is 0. The summed E-state index contributed by atoms with van der Waals surface area (Å²) in [7, 11) is 1.86. The first-order valence-corrected chi connectivity index (χ1v) is 6.07. The van der Waals surface area contributed by atoms with E-state index in [2.05, 4.69) is 17.2 Å². The van der Waals surface area contributed by atoms with Gasteiger partial charge in [-0.15, -0.1) is 5.10 Å². The molecule has 0 N–H and O–H groups in total. The Balaban J connectivity index is 1.99. The molecule has 0 aliphatic heterocycles. The highest BCUT2D eigenvalue weighted by molar-refractivity contribution is 5.81. The topological polar surface area (TPSA) is 47.8 Å². The largest absolute Gasteiger partial charge is 0.299 e. The zero-order chi connectivity index (χ0) is 11.5. The predicted octanol–water partition coefficient (Wildman–Crippen LogP) is 1.75. The van der Waals surface area contributed by atoms with Crippen LogP contribution in [-0.4, -0.2) is 20.8 Å². The van der Waals surface area contributed by atoms with E-state index in [1.807, 2.05) is 13.2 Å². The molecule has 16 heavy (non-hydrogen) atoms. The lowest BCUT2D eigenvalue weighted by Gasteiger charge is -2.26. The minimum Gasteiger partial charge on any atom is -0.299 e. The van der Waals surface area contributed by atoms with Gasteiger partial charge in [-0.05, 0) is 18.8 Å². The van der Waals surface area contributed by atoms with Gasteiger partial charge in [0.2, 0.25) is 0 Å². The van der Waals surface area contributed by atoms with Gasteiger partial charge < -0.3 is 0 Å². The van der Waals surface area contributed by atoms with Crippen LogP contribution in [0.3, 0.4) is 0 Å². The number of aromatic nitrogens is 3. The molecule has 0 saturated heterocycles. The molecule has 2 rings (SSSR count). The highest BCUT2D eigenvalue weighted by atomic mass is 16.1. The molecule has 1 heterocycles. The van der Waals surface area contributed by atoms with Crippen LogP contribution in [0.15, 0.2) is 6.20 Å². The first kappa shape index (κ1) is 11.3. The lowest BCUT2D eigenvalue weighted by atomic mass is 9.77. The first-order chi connectivity index (χ1) is 7.69. The lowest BCUT2D eigenvalue weighted by Crippen LogP contribution is -2.26. The molecule has 0 amide bonds. The molecule has 2 unspecified atom stereocenters. The highest BCUT2D eigenvalue weighted by Crippen LogP contribution is 2.30. The molecule has 0 bridgehead atoms. The Morgan fingerprint density at radius 3 is 3.00 bits per heavy atom. The maximum Gasteiger partial charge on any atom is 0.136 e. The van der Waals surface area contributed by atoms with Gasteiger partial charge in [0.15, 0.2) is 0 Å². The molecule has 1 aliphatic carbocycles. The second kappa shape index (κ2) is 4.76. The standard InChI is InChI=1S/C12H19N3O/c1-3-9-4-5-12(16)10(6-9)7-11-8-15(2)14-13-11/h8-10H,3-7H2,1-2H3. The summed E-state index contributed by atoms with van der Waals surface area (Å²) >= 11 is 0. The third-order valence-electron chi connectivity index (χ3n) is 3.56. The number of carbonyl (C=O) groups is 1. The monoisotopic (exact) mass is 221 g/mol. The maximum atomic E-state index is 11.8. The fourth-order valence-corrected chi connectivity index (χ4v) is 2.51. The number of rotatable bonds is 3. The molecule has 0 aromatic carbocycles. The number of Topliss-reactive ketones (excluding diaryl/α,β-unsaturated/α-hetero) is 1. The molecule has 2 atom stereocenters. The Bertz CT molecular complexity index is 372. The van der Waals surface area contributed by atoms with Crippen molar-refractivity contribution in [1.82, 2.24) is 15.0 Å². The van der Waals surface area contributed by atoms with Crippen molar-refractivity contribution in [2.75, 3.05) is 0 Å². The van der Waals surface area contributed by atoms with Crippen molar-refractivity contribution >= 4 is 5.78 Å². The van der Waals surface area contributed by atoms with E-state index in [9.17, 15) is 4.79 Å². The Kier molecular flexibility index (Phi) is 3.36. The normalized spacial score (nSPS) is 26.0. The van der Waals surface area contributed by atoms with Gasteiger partial charge in [-0.3, -0.25) is 9.48 Å². The Labute approximate surface area is 96.0 Å². The fraction of sp³-hybridized carbons (Fsp3) is 0.750. The van der Waals surface area contributed by atoms with Crippen molar-refractivity contribution in [3.8, 4) is 0 Å². The number of hydrogen-bond acceptors (Lipinski definition) is 3. The summed E-state index contributed by atoms with van der Waals surface area (Å²) in [5.41, 5.74) is 0.942. The van der Waals surface area contributed by atoms with Crippen LogP contribution in [0.1, 0.15) is 38.3 Å². The summed E-state index contributed by atoms with van der Waals surface area (Å²) in [5.74, 6) is 1.31. The number of aryl methyl sites for hydroxylation is 1. The Morgan fingerprint density at radius 1 is 1.56 bits per heavy atom. The van der Waals surface area contributed by atoms with Crippen molar-refractivity contribution in [3.63, 3.8) is 0 Å². The molecular formula is C12H19N3O. The van der Waals surface area contributed by atoms with Gasteiger partial charge in [0, 0.05) is 32.0 Å². The molecule has 1 saturated carbocycles. The predicted molar refractivity (Wildman–Crippen MR) is 60.8 cm³/mol. The minimum absolute atomic E-state index is 0.176. The van der Waals surface area contributed by atoms with Gasteiger partial charge in [-0.25, -0.2) is 0 Å². The summed E-state index contributed by atoms with van der Waals surface area (Å²) in [6.45, 7) is 2.21. The average molecular weight is 221 g/mol. The van der Waals surface area contributed by atoms with Crippen LogP contribution in [0, 0.1) is 11.8 Å². The van der Waals surface area contributed by atoms with Crippen molar-refractivity contribution in [3.05, 3.63) is 11.9 Å². The molecule has 4 nitrogen and oxygen atoms in total. The number of ketones is 1. The zero-order valence-electron chi connectivity index (χ0n) is 10.0. The molecule has 1 aromatic rings. The quantitative estimate of drug-likeness (QED) is 0.781. The second-order valence-electron chi connectivity index (χ2n) is 4.80. The van der Waals surface area contributed by atoms with Crippen molar-refractivity contribution in [1.29, 1.82) is 0 Å². The minimum atomic E-state index is 0.176. The molecular weight excluding hydrogens is 202 g/mol. The third kappa shape index (κ3) is 2.49. The zero-order valence-corrected chi connectivity index (χ0v) is 10.0. The molecule has 88 valence electrons. The van der Waals surface area contributed by atoms with E-state index in [1.165, 1.54) is 6.42 Å². The van der Waals surface area contributed by atoms with Crippen LogP contribution in [0.25, 0.3) is 0 Å². The van der Waals surface area contributed by atoms with Crippen LogP contribution >= 0.6 is 0 Å². The second-order valence-corrected chi connectivity index (χ2v) is 4.80. The maximum absolute atomic E-state index is 11.8. The van der Waals surface area contributed by atoms with Crippen LogP contribution in [0.5, 0.6) is 0 Å². The van der Waals surface area contributed by atoms with E-state index < -0.39 is 0 Å². The molecule has 1 fully saturated rings. The number of nitrogens with zero attached hydrogens (tertiary/aromatic N) is 3. The smallest absolute Gasteiger partial charge is 0.136 e. The summed E-state index contributed by atoms with van der Waals surface area (Å²) in [5, 5.41) is 7.96. The SMILES string of the molecule is CCC1CCC(=O)C(Cc2cn(C)nn2)C1. The third-order valence-corrected chi connectivity index (χ3v) is 3.56. The molecule has 4 heteroatoms. The van der Waals surface area contributed by atoms with Crippen LogP contribution in [-0.2, 0) is 18.3 Å².